The summed E-state index contributed by atoms with van der Waals surface area (Å²) in [6.07, 6.45) is 0.664. The third kappa shape index (κ3) is 4.64. The molecule has 2 aromatic rings. The molecule has 1 amide bonds. The largest absolute Gasteiger partial charge is 0.497 e. The van der Waals surface area contributed by atoms with Gasteiger partial charge in [0.05, 0.1) is 20.3 Å². The number of amides is 1. The van der Waals surface area contributed by atoms with Crippen LogP contribution in [0.2, 0.25) is 0 Å². The second kappa shape index (κ2) is 7.78. The van der Waals surface area contributed by atoms with E-state index >= 15 is 0 Å². The van der Waals surface area contributed by atoms with Gasteiger partial charge in [-0.2, -0.15) is 0 Å². The molecular weight excluding hydrogens is 346 g/mol. The van der Waals surface area contributed by atoms with Gasteiger partial charge >= 0.3 is 0 Å². The lowest BCUT2D eigenvalue weighted by atomic mass is 9.89. The Morgan fingerprint density at radius 1 is 1.11 bits per heavy atom. The molecule has 0 fully saturated rings. The average Bonchev–Trinajstić information content (AvgIpc) is 2.65. The van der Waals surface area contributed by atoms with Crippen molar-refractivity contribution in [3.8, 4) is 23.0 Å². The highest BCUT2D eigenvalue weighted by Gasteiger charge is 2.34. The van der Waals surface area contributed by atoms with Crippen LogP contribution in [0.1, 0.15) is 31.9 Å². The number of nitrogens with one attached hydrogen (secondary N) is 1. The Bertz CT molecular complexity index is 818. The molecule has 144 valence electrons. The molecule has 0 spiro atoms. The Kier molecular flexibility index (Phi) is 5.44. The van der Waals surface area contributed by atoms with E-state index < -0.39 is 5.60 Å². The molecule has 1 aliphatic heterocycles. The van der Waals surface area contributed by atoms with Crippen LogP contribution in [0.3, 0.4) is 0 Å². The van der Waals surface area contributed by atoms with E-state index in [2.05, 4.69) is 5.32 Å². The van der Waals surface area contributed by atoms with Crippen LogP contribution in [0.25, 0.3) is 0 Å². The Hall–Kier alpha value is -2.89. The zero-order chi connectivity index (χ0) is 19.4. The van der Waals surface area contributed by atoms with E-state index in [9.17, 15) is 4.79 Å². The normalized spacial score (nSPS) is 17.3. The van der Waals surface area contributed by atoms with Crippen LogP contribution in [-0.4, -0.2) is 32.3 Å². The van der Waals surface area contributed by atoms with Gasteiger partial charge in [-0.15, -0.1) is 0 Å². The first kappa shape index (κ1) is 18.9. The van der Waals surface area contributed by atoms with Crippen molar-refractivity contribution in [1.29, 1.82) is 0 Å². The van der Waals surface area contributed by atoms with Crippen molar-refractivity contribution in [2.24, 2.45) is 0 Å². The summed E-state index contributed by atoms with van der Waals surface area (Å²) < 4.78 is 22.1. The molecular formula is C21H25NO5. The van der Waals surface area contributed by atoms with Crippen molar-refractivity contribution < 1.29 is 23.7 Å². The molecule has 0 aliphatic carbocycles. The van der Waals surface area contributed by atoms with Gasteiger partial charge in [0.25, 0.3) is 5.91 Å². The van der Waals surface area contributed by atoms with Crippen molar-refractivity contribution in [3.63, 3.8) is 0 Å². The summed E-state index contributed by atoms with van der Waals surface area (Å²) in [7, 11) is 3.20. The molecule has 2 aromatic carbocycles. The number of hydrogen-bond acceptors (Lipinski definition) is 5. The number of carbonyl (C=O) groups excluding carboxylic acids is 1. The Morgan fingerprint density at radius 2 is 1.81 bits per heavy atom. The maximum Gasteiger partial charge on any atom is 0.258 e. The minimum atomic E-state index is -0.398. The SMILES string of the molecule is COc1cccc(OCC(=O)N[C@H]2CC(C)(C)Oc3cc(OC)ccc32)c1. The molecule has 1 aliphatic rings. The van der Waals surface area contributed by atoms with Crippen molar-refractivity contribution in [2.45, 2.75) is 31.9 Å². The summed E-state index contributed by atoms with van der Waals surface area (Å²) >= 11 is 0. The first-order chi connectivity index (χ1) is 12.9. The quantitative estimate of drug-likeness (QED) is 0.842. The number of methoxy groups -OCH3 is 2. The maximum absolute atomic E-state index is 12.5. The van der Waals surface area contributed by atoms with Gasteiger partial charge in [0, 0.05) is 24.1 Å². The Balaban J connectivity index is 1.68. The van der Waals surface area contributed by atoms with E-state index in [0.717, 1.165) is 17.1 Å². The van der Waals surface area contributed by atoms with E-state index in [-0.39, 0.29) is 18.6 Å². The summed E-state index contributed by atoms with van der Waals surface area (Å²) in [5.41, 5.74) is 0.537. The van der Waals surface area contributed by atoms with Gasteiger partial charge in [0.2, 0.25) is 0 Å². The molecule has 0 unspecified atom stereocenters. The molecule has 0 aromatic heterocycles. The van der Waals surface area contributed by atoms with Gasteiger partial charge in [0.15, 0.2) is 6.61 Å². The standard InChI is InChI=1S/C21H25NO5/c1-21(2)12-18(17-9-8-15(25-4)11-19(17)27-21)22-20(23)13-26-16-7-5-6-14(10-16)24-3/h5-11,18H,12-13H2,1-4H3,(H,22,23)/t18-/m0/s1. The third-order valence-electron chi connectivity index (χ3n) is 4.42. The highest BCUT2D eigenvalue weighted by atomic mass is 16.5. The molecule has 1 heterocycles. The van der Waals surface area contributed by atoms with Crippen molar-refractivity contribution >= 4 is 5.91 Å². The average molecular weight is 371 g/mol. The first-order valence-electron chi connectivity index (χ1n) is 8.83. The van der Waals surface area contributed by atoms with Gasteiger partial charge in [-0.05, 0) is 38.1 Å². The van der Waals surface area contributed by atoms with Gasteiger partial charge in [-0.1, -0.05) is 6.07 Å². The molecule has 6 heteroatoms. The number of benzene rings is 2. The molecule has 0 radical (unpaired) electrons. The number of hydrogen-bond donors (Lipinski definition) is 1. The van der Waals surface area contributed by atoms with Crippen LogP contribution in [0.5, 0.6) is 23.0 Å². The fourth-order valence-electron chi connectivity index (χ4n) is 3.16. The molecule has 3 rings (SSSR count). The van der Waals surface area contributed by atoms with Crippen molar-refractivity contribution in [1.82, 2.24) is 5.32 Å². The predicted octanol–water partition coefficient (Wildman–Crippen LogP) is 3.50. The van der Waals surface area contributed by atoms with Crippen molar-refractivity contribution in [3.05, 3.63) is 48.0 Å². The number of rotatable bonds is 6. The molecule has 1 N–H and O–H groups in total. The fourth-order valence-corrected chi connectivity index (χ4v) is 3.16. The summed E-state index contributed by atoms with van der Waals surface area (Å²) in [6, 6.07) is 12.7. The second-order valence-corrected chi connectivity index (χ2v) is 7.06. The molecule has 0 saturated carbocycles. The molecule has 6 nitrogen and oxygen atoms in total. The summed E-state index contributed by atoms with van der Waals surface area (Å²) in [6.45, 7) is 3.93. The molecule has 0 saturated heterocycles. The lowest BCUT2D eigenvalue weighted by Gasteiger charge is -2.38. The van der Waals surface area contributed by atoms with Gasteiger partial charge in [0.1, 0.15) is 28.6 Å². The topological polar surface area (TPSA) is 66.0 Å². The smallest absolute Gasteiger partial charge is 0.258 e. The highest BCUT2D eigenvalue weighted by molar-refractivity contribution is 5.78. The molecule has 27 heavy (non-hydrogen) atoms. The maximum atomic E-state index is 12.5. The van der Waals surface area contributed by atoms with Crippen LogP contribution < -0.4 is 24.3 Å². The van der Waals surface area contributed by atoms with E-state index in [0.29, 0.717) is 17.9 Å². The van der Waals surface area contributed by atoms with E-state index in [1.54, 1.807) is 26.4 Å². The van der Waals surface area contributed by atoms with Crippen LogP contribution >= 0.6 is 0 Å². The number of fused-ring (bicyclic) bond motifs is 1. The summed E-state index contributed by atoms with van der Waals surface area (Å²) in [4.78, 5) is 12.5. The lowest BCUT2D eigenvalue weighted by Crippen LogP contribution is -2.42. The number of ether oxygens (including phenoxy) is 4. The predicted molar refractivity (Wildman–Crippen MR) is 102 cm³/mol. The van der Waals surface area contributed by atoms with Gasteiger partial charge < -0.3 is 24.3 Å². The van der Waals surface area contributed by atoms with Gasteiger partial charge in [-0.3, -0.25) is 4.79 Å². The number of carbonyl (C=O) groups is 1. The summed E-state index contributed by atoms with van der Waals surface area (Å²) in [5.74, 6) is 2.52. The Labute approximate surface area is 159 Å². The minimum absolute atomic E-state index is 0.0730. The highest BCUT2D eigenvalue weighted by Crippen LogP contribution is 2.41. The zero-order valence-corrected chi connectivity index (χ0v) is 16.1. The Morgan fingerprint density at radius 3 is 2.56 bits per heavy atom. The van der Waals surface area contributed by atoms with E-state index in [1.165, 1.54) is 0 Å². The monoisotopic (exact) mass is 371 g/mol. The second-order valence-electron chi connectivity index (χ2n) is 7.06. The minimum Gasteiger partial charge on any atom is -0.497 e. The molecule has 0 bridgehead atoms. The zero-order valence-electron chi connectivity index (χ0n) is 16.1. The van der Waals surface area contributed by atoms with Crippen LogP contribution in [0.15, 0.2) is 42.5 Å². The van der Waals surface area contributed by atoms with Gasteiger partial charge in [-0.25, -0.2) is 0 Å². The van der Waals surface area contributed by atoms with Crippen LogP contribution in [0, 0.1) is 0 Å². The lowest BCUT2D eigenvalue weighted by molar-refractivity contribution is -0.124. The first-order valence-corrected chi connectivity index (χ1v) is 8.83. The van der Waals surface area contributed by atoms with E-state index in [4.69, 9.17) is 18.9 Å². The third-order valence-corrected chi connectivity index (χ3v) is 4.42. The summed E-state index contributed by atoms with van der Waals surface area (Å²) in [5, 5.41) is 3.05. The van der Waals surface area contributed by atoms with Crippen LogP contribution in [-0.2, 0) is 4.79 Å². The van der Waals surface area contributed by atoms with Crippen molar-refractivity contribution in [2.75, 3.05) is 20.8 Å². The fraction of sp³-hybridized carbons (Fsp3) is 0.381. The van der Waals surface area contributed by atoms with E-state index in [1.807, 2.05) is 44.2 Å². The van der Waals surface area contributed by atoms with Crippen LogP contribution in [0.4, 0.5) is 0 Å². The molecule has 1 atom stereocenters.